The van der Waals surface area contributed by atoms with E-state index in [1.54, 1.807) is 13.2 Å². The highest BCUT2D eigenvalue weighted by atomic mass is 79.9. The van der Waals surface area contributed by atoms with E-state index in [1.165, 1.54) is 6.92 Å². The molecule has 0 aliphatic heterocycles. The second-order valence-corrected chi connectivity index (χ2v) is 5.34. The molecule has 2 aromatic rings. The Hall–Kier alpha value is -2.01. The minimum Gasteiger partial charge on any atom is -0.496 e. The molecule has 0 saturated heterocycles. The third-order valence-electron chi connectivity index (χ3n) is 2.82. The van der Waals surface area contributed by atoms with E-state index in [9.17, 15) is 4.79 Å². The molecule has 1 N–H and O–H groups in total. The first-order chi connectivity index (χ1) is 10.1. The van der Waals surface area contributed by atoms with Crippen LogP contribution < -0.4 is 14.8 Å². The Morgan fingerprint density at radius 3 is 2.67 bits per heavy atom. The van der Waals surface area contributed by atoms with Crippen molar-refractivity contribution in [1.82, 2.24) is 0 Å². The van der Waals surface area contributed by atoms with Gasteiger partial charge in [0.1, 0.15) is 18.1 Å². The largest absolute Gasteiger partial charge is 0.496 e. The molecule has 4 nitrogen and oxygen atoms in total. The maximum absolute atomic E-state index is 11.2. The standard InChI is InChI=1S/C16H16BrNO3/c1-11(19)18-14-5-3-4-6-16(14)21-10-12-9-13(17)7-8-15(12)20-2/h3-9H,10H2,1-2H3,(H,18,19). The Morgan fingerprint density at radius 1 is 1.19 bits per heavy atom. The normalized spacial score (nSPS) is 10.0. The van der Waals surface area contributed by atoms with Crippen molar-refractivity contribution in [2.45, 2.75) is 13.5 Å². The van der Waals surface area contributed by atoms with Gasteiger partial charge >= 0.3 is 0 Å². The molecule has 0 unspecified atom stereocenters. The van der Waals surface area contributed by atoms with Gasteiger partial charge in [-0.15, -0.1) is 0 Å². The zero-order valence-electron chi connectivity index (χ0n) is 11.9. The number of rotatable bonds is 5. The van der Waals surface area contributed by atoms with E-state index in [4.69, 9.17) is 9.47 Å². The molecule has 21 heavy (non-hydrogen) atoms. The third-order valence-corrected chi connectivity index (χ3v) is 3.32. The fourth-order valence-corrected chi connectivity index (χ4v) is 2.31. The molecule has 0 fully saturated rings. The zero-order valence-corrected chi connectivity index (χ0v) is 13.4. The van der Waals surface area contributed by atoms with Crippen molar-refractivity contribution in [1.29, 1.82) is 0 Å². The fraction of sp³-hybridized carbons (Fsp3) is 0.188. The Morgan fingerprint density at radius 2 is 1.95 bits per heavy atom. The van der Waals surface area contributed by atoms with Gasteiger partial charge < -0.3 is 14.8 Å². The minimum atomic E-state index is -0.133. The van der Waals surface area contributed by atoms with Crippen LogP contribution in [-0.2, 0) is 11.4 Å². The van der Waals surface area contributed by atoms with E-state index in [0.29, 0.717) is 18.0 Å². The van der Waals surface area contributed by atoms with Crippen molar-refractivity contribution >= 4 is 27.5 Å². The Labute approximate surface area is 132 Å². The molecular weight excluding hydrogens is 334 g/mol. The van der Waals surface area contributed by atoms with Crippen LogP contribution in [0.3, 0.4) is 0 Å². The van der Waals surface area contributed by atoms with Crippen molar-refractivity contribution in [3.8, 4) is 11.5 Å². The van der Waals surface area contributed by atoms with E-state index in [1.807, 2.05) is 36.4 Å². The zero-order chi connectivity index (χ0) is 15.2. The summed E-state index contributed by atoms with van der Waals surface area (Å²) in [5.74, 6) is 1.25. The van der Waals surface area contributed by atoms with Crippen molar-refractivity contribution in [2.24, 2.45) is 0 Å². The molecule has 0 atom stereocenters. The molecule has 2 rings (SSSR count). The lowest BCUT2D eigenvalue weighted by Gasteiger charge is -2.13. The number of nitrogens with one attached hydrogen (secondary N) is 1. The molecule has 2 aromatic carbocycles. The Bertz CT molecular complexity index is 643. The number of benzene rings is 2. The number of methoxy groups -OCH3 is 1. The molecule has 5 heteroatoms. The number of anilines is 1. The van der Waals surface area contributed by atoms with Crippen molar-refractivity contribution in [3.05, 3.63) is 52.5 Å². The van der Waals surface area contributed by atoms with Gasteiger partial charge in [0, 0.05) is 17.0 Å². The summed E-state index contributed by atoms with van der Waals surface area (Å²) in [5.41, 5.74) is 1.57. The minimum absolute atomic E-state index is 0.133. The molecule has 1 amide bonds. The van der Waals surface area contributed by atoms with Gasteiger partial charge in [0.2, 0.25) is 5.91 Å². The van der Waals surface area contributed by atoms with Crippen LogP contribution in [0.5, 0.6) is 11.5 Å². The number of halogens is 1. The summed E-state index contributed by atoms with van der Waals surface area (Å²) in [5, 5.41) is 2.75. The molecule has 0 bridgehead atoms. The number of carbonyl (C=O) groups excluding carboxylic acids is 1. The lowest BCUT2D eigenvalue weighted by molar-refractivity contribution is -0.114. The van der Waals surface area contributed by atoms with Gasteiger partial charge in [-0.1, -0.05) is 28.1 Å². The lowest BCUT2D eigenvalue weighted by Crippen LogP contribution is -2.08. The van der Waals surface area contributed by atoms with Gasteiger partial charge in [0.05, 0.1) is 12.8 Å². The monoisotopic (exact) mass is 349 g/mol. The second-order valence-electron chi connectivity index (χ2n) is 4.42. The summed E-state index contributed by atoms with van der Waals surface area (Å²) in [6, 6.07) is 13.1. The predicted molar refractivity (Wildman–Crippen MR) is 85.8 cm³/mol. The second kappa shape index (κ2) is 7.13. The molecule has 0 aliphatic carbocycles. The van der Waals surface area contributed by atoms with Crippen molar-refractivity contribution in [2.75, 3.05) is 12.4 Å². The summed E-state index contributed by atoms with van der Waals surface area (Å²) in [7, 11) is 1.62. The van der Waals surface area contributed by atoms with Crippen molar-refractivity contribution in [3.63, 3.8) is 0 Å². The summed E-state index contributed by atoms with van der Waals surface area (Å²) in [6.45, 7) is 1.81. The van der Waals surface area contributed by atoms with Gasteiger partial charge in [-0.05, 0) is 30.3 Å². The van der Waals surface area contributed by atoms with Crippen LogP contribution in [0, 0.1) is 0 Å². The van der Waals surface area contributed by atoms with Gasteiger partial charge in [0.25, 0.3) is 0 Å². The average Bonchev–Trinajstić information content (AvgIpc) is 2.46. The number of amides is 1. The van der Waals surface area contributed by atoms with E-state index in [-0.39, 0.29) is 5.91 Å². The maximum Gasteiger partial charge on any atom is 0.221 e. The van der Waals surface area contributed by atoms with Crippen LogP contribution in [0.25, 0.3) is 0 Å². The first-order valence-electron chi connectivity index (χ1n) is 6.42. The molecule has 0 saturated carbocycles. The maximum atomic E-state index is 11.2. The highest BCUT2D eigenvalue weighted by Gasteiger charge is 2.08. The van der Waals surface area contributed by atoms with Crippen LogP contribution >= 0.6 is 15.9 Å². The number of para-hydroxylation sites is 2. The molecular formula is C16H16BrNO3. The van der Waals surface area contributed by atoms with Crippen molar-refractivity contribution < 1.29 is 14.3 Å². The van der Waals surface area contributed by atoms with Gasteiger partial charge in [0.15, 0.2) is 0 Å². The van der Waals surface area contributed by atoms with E-state index in [2.05, 4.69) is 21.2 Å². The fourth-order valence-electron chi connectivity index (χ4n) is 1.90. The molecule has 0 heterocycles. The highest BCUT2D eigenvalue weighted by molar-refractivity contribution is 9.10. The lowest BCUT2D eigenvalue weighted by atomic mass is 10.2. The van der Waals surface area contributed by atoms with Crippen LogP contribution in [-0.4, -0.2) is 13.0 Å². The van der Waals surface area contributed by atoms with Crippen LogP contribution in [0.2, 0.25) is 0 Å². The summed E-state index contributed by atoms with van der Waals surface area (Å²) < 4.78 is 12.1. The molecule has 0 spiro atoms. The first-order valence-corrected chi connectivity index (χ1v) is 7.21. The molecule has 0 radical (unpaired) electrons. The topological polar surface area (TPSA) is 47.6 Å². The highest BCUT2D eigenvalue weighted by Crippen LogP contribution is 2.28. The third kappa shape index (κ3) is 4.23. The van der Waals surface area contributed by atoms with Crippen LogP contribution in [0.1, 0.15) is 12.5 Å². The van der Waals surface area contributed by atoms with E-state index in [0.717, 1.165) is 15.8 Å². The number of carbonyl (C=O) groups is 1. The predicted octanol–water partition coefficient (Wildman–Crippen LogP) is 4.00. The molecule has 0 aliphatic rings. The van der Waals surface area contributed by atoms with Gasteiger partial charge in [-0.2, -0.15) is 0 Å². The molecule has 110 valence electrons. The Balaban J connectivity index is 2.17. The summed E-state index contributed by atoms with van der Waals surface area (Å²) >= 11 is 3.43. The smallest absolute Gasteiger partial charge is 0.221 e. The Kier molecular flexibility index (Phi) is 5.22. The van der Waals surface area contributed by atoms with Crippen LogP contribution in [0.4, 0.5) is 5.69 Å². The summed E-state index contributed by atoms with van der Waals surface area (Å²) in [6.07, 6.45) is 0. The van der Waals surface area contributed by atoms with Gasteiger partial charge in [-0.3, -0.25) is 4.79 Å². The quantitative estimate of drug-likeness (QED) is 0.887. The first kappa shape index (κ1) is 15.4. The number of ether oxygens (including phenoxy) is 2. The average molecular weight is 350 g/mol. The SMILES string of the molecule is COc1ccc(Br)cc1COc1ccccc1NC(C)=O. The number of hydrogen-bond donors (Lipinski definition) is 1. The van der Waals surface area contributed by atoms with Gasteiger partial charge in [-0.25, -0.2) is 0 Å². The van der Waals surface area contributed by atoms with E-state index >= 15 is 0 Å². The van der Waals surface area contributed by atoms with Crippen LogP contribution in [0.15, 0.2) is 46.9 Å². The summed E-state index contributed by atoms with van der Waals surface area (Å²) in [4.78, 5) is 11.2. The van der Waals surface area contributed by atoms with E-state index < -0.39 is 0 Å². The number of hydrogen-bond acceptors (Lipinski definition) is 3. The molecule has 0 aromatic heterocycles.